The maximum atomic E-state index is 11.0. The number of nitrogens with zero attached hydrogens (tertiary/aromatic N) is 3. The number of allylic oxidation sites excluding steroid dienone is 1. The molecule has 102 valence electrons. The van der Waals surface area contributed by atoms with E-state index in [1.807, 2.05) is 30.3 Å². The molecule has 1 N–H and O–H groups in total. The van der Waals surface area contributed by atoms with Crippen LogP contribution in [0.15, 0.2) is 41.5 Å². The number of rotatable bonds is 4. The van der Waals surface area contributed by atoms with E-state index in [4.69, 9.17) is 0 Å². The van der Waals surface area contributed by atoms with Gasteiger partial charge < -0.3 is 10.1 Å². The largest absolute Gasteiger partial charge is 0.358 e. The lowest BCUT2D eigenvalue weighted by Gasteiger charge is -1.87. The van der Waals surface area contributed by atoms with E-state index in [1.165, 1.54) is 12.3 Å². The lowest BCUT2D eigenvalue weighted by molar-refractivity contribution is -1.10. The first kappa shape index (κ1) is 13.9. The lowest BCUT2D eigenvalue weighted by atomic mass is 10.2. The van der Waals surface area contributed by atoms with E-state index in [0.717, 1.165) is 17.3 Å². The zero-order valence-electron chi connectivity index (χ0n) is 10.3. The van der Waals surface area contributed by atoms with E-state index in [-0.39, 0.29) is 16.8 Å². The summed E-state index contributed by atoms with van der Waals surface area (Å²) < 4.78 is 0. The average molecular weight is 291 g/mol. The first-order valence-corrected chi connectivity index (χ1v) is 6.65. The van der Waals surface area contributed by atoms with Gasteiger partial charge in [-0.15, -0.1) is 0 Å². The summed E-state index contributed by atoms with van der Waals surface area (Å²) in [5, 5.41) is 16.6. The summed E-state index contributed by atoms with van der Waals surface area (Å²) in [4.78, 5) is 22.4. The van der Waals surface area contributed by atoms with Gasteiger partial charge in [0.25, 0.3) is 11.3 Å². The molecule has 1 aliphatic heterocycles. The van der Waals surface area contributed by atoms with Gasteiger partial charge in [-0.25, -0.2) is 0 Å². The van der Waals surface area contributed by atoms with Crippen LogP contribution in [0, 0.1) is 10.1 Å². The highest BCUT2D eigenvalue weighted by atomic mass is 32.2. The third-order valence-electron chi connectivity index (χ3n) is 2.25. The first-order chi connectivity index (χ1) is 9.65. The maximum Gasteiger partial charge on any atom is 0.358 e. The third kappa shape index (κ3) is 4.02. The van der Waals surface area contributed by atoms with Crippen molar-refractivity contribution in [1.82, 2.24) is 5.32 Å². The van der Waals surface area contributed by atoms with E-state index in [1.54, 1.807) is 6.08 Å². The van der Waals surface area contributed by atoms with Gasteiger partial charge in [0, 0.05) is 6.08 Å². The Bertz CT molecular complexity index is 610. The molecular weight excluding hydrogens is 280 g/mol. The second kappa shape index (κ2) is 6.62. The Morgan fingerprint density at radius 3 is 2.70 bits per heavy atom. The Morgan fingerprint density at radius 1 is 1.35 bits per heavy atom. The molecule has 20 heavy (non-hydrogen) atoms. The number of thioether (sulfide) groups is 1. The summed E-state index contributed by atoms with van der Waals surface area (Å²) in [7, 11) is 0. The van der Waals surface area contributed by atoms with Crippen molar-refractivity contribution in [2.24, 2.45) is 5.10 Å². The van der Waals surface area contributed by atoms with Crippen LogP contribution in [0.3, 0.4) is 0 Å². The number of nitro groups is 1. The van der Waals surface area contributed by atoms with Crippen molar-refractivity contribution >= 4 is 35.1 Å². The molecule has 1 heterocycles. The van der Waals surface area contributed by atoms with Crippen LogP contribution in [0.4, 0.5) is 0 Å². The summed E-state index contributed by atoms with van der Waals surface area (Å²) in [5.74, 6) is 0.0152. The average Bonchev–Trinajstić information content (AvgIpc) is 2.84. The van der Waals surface area contributed by atoms with Crippen molar-refractivity contribution in [3.8, 4) is 0 Å². The second-order valence-corrected chi connectivity index (χ2v) is 4.68. The third-order valence-corrected chi connectivity index (χ3v) is 3.12. The fourth-order valence-corrected chi connectivity index (χ4v) is 2.06. The zero-order valence-corrected chi connectivity index (χ0v) is 11.1. The molecule has 7 nitrogen and oxygen atoms in total. The molecule has 0 bridgehead atoms. The van der Waals surface area contributed by atoms with Crippen LogP contribution >= 0.6 is 11.8 Å². The molecule has 1 amide bonds. The van der Waals surface area contributed by atoms with Crippen LogP contribution in [-0.2, 0) is 4.79 Å². The molecule has 0 unspecified atom stereocenters. The topological polar surface area (TPSA) is 87.6 Å². The fourth-order valence-electron chi connectivity index (χ4n) is 1.39. The summed E-state index contributed by atoms with van der Waals surface area (Å²) >= 11 is 1.13. The normalized spacial score (nSPS) is 17.7. The lowest BCUT2D eigenvalue weighted by Crippen LogP contribution is -2.24. The SMILES string of the molecule is O=C1CSC(=N[N+](=CC=Cc2ccccc2)[N+](=O)[O-])N1. The fraction of sp³-hybridized carbons (Fsp3) is 0.0833. The van der Waals surface area contributed by atoms with Gasteiger partial charge in [-0.3, -0.25) is 10.1 Å². The summed E-state index contributed by atoms with van der Waals surface area (Å²) in [6.45, 7) is 0. The minimum Gasteiger partial charge on any atom is -0.303 e. The molecule has 1 aromatic rings. The predicted octanol–water partition coefficient (Wildman–Crippen LogP) is 1.11. The predicted molar refractivity (Wildman–Crippen MR) is 76.8 cm³/mol. The molecule has 2 rings (SSSR count). The van der Waals surface area contributed by atoms with Crippen molar-refractivity contribution in [3.05, 3.63) is 52.1 Å². The Balaban J connectivity index is 2.13. The Morgan fingerprint density at radius 2 is 2.10 bits per heavy atom. The van der Waals surface area contributed by atoms with E-state index in [0.29, 0.717) is 4.79 Å². The van der Waals surface area contributed by atoms with E-state index in [2.05, 4.69) is 10.4 Å². The van der Waals surface area contributed by atoms with Gasteiger partial charge >= 0.3 is 5.17 Å². The van der Waals surface area contributed by atoms with E-state index in [9.17, 15) is 14.9 Å². The highest BCUT2D eigenvalue weighted by molar-refractivity contribution is 8.15. The van der Waals surface area contributed by atoms with E-state index < -0.39 is 5.03 Å². The van der Waals surface area contributed by atoms with E-state index >= 15 is 0 Å². The zero-order chi connectivity index (χ0) is 14.4. The maximum absolute atomic E-state index is 11.0. The number of benzene rings is 1. The van der Waals surface area contributed by atoms with Gasteiger partial charge in [-0.05, 0) is 23.4 Å². The van der Waals surface area contributed by atoms with Crippen molar-refractivity contribution in [1.29, 1.82) is 0 Å². The molecule has 1 fully saturated rings. The quantitative estimate of drug-likeness (QED) is 0.389. The number of carbonyl (C=O) groups is 1. The monoisotopic (exact) mass is 291 g/mol. The standard InChI is InChI=1S/C12H10N4O3S/c17-11-9-20-12(13-11)14-15(16(18)19)8-4-7-10-5-2-1-3-6-10/h1-8H,9H2/p+1. The van der Waals surface area contributed by atoms with Crippen LogP contribution in [0.25, 0.3) is 6.08 Å². The van der Waals surface area contributed by atoms with Crippen LogP contribution < -0.4 is 5.32 Å². The van der Waals surface area contributed by atoms with Crippen LogP contribution in [0.5, 0.6) is 0 Å². The van der Waals surface area contributed by atoms with Crippen LogP contribution in [-0.4, -0.2) is 32.9 Å². The Kier molecular flexibility index (Phi) is 4.61. The van der Waals surface area contributed by atoms with Crippen molar-refractivity contribution in [2.45, 2.75) is 0 Å². The minimum atomic E-state index is -0.673. The number of hydrogen-bond donors (Lipinski definition) is 1. The molecule has 0 saturated carbocycles. The summed E-state index contributed by atoms with van der Waals surface area (Å²) in [6, 6.07) is 9.38. The van der Waals surface area contributed by atoms with Crippen molar-refractivity contribution < 1.29 is 14.6 Å². The molecule has 0 aromatic heterocycles. The molecule has 0 spiro atoms. The number of hydrazone groups is 2. The molecule has 0 atom stereocenters. The van der Waals surface area contributed by atoms with Gasteiger partial charge in [-0.2, -0.15) is 0 Å². The van der Waals surface area contributed by atoms with Crippen molar-refractivity contribution in [2.75, 3.05) is 5.75 Å². The number of hydrogen-bond acceptors (Lipinski definition) is 5. The molecule has 1 aliphatic rings. The number of hydrazine groups is 1. The van der Waals surface area contributed by atoms with Gasteiger partial charge in [0.05, 0.1) is 5.75 Å². The summed E-state index contributed by atoms with van der Waals surface area (Å²) in [5.41, 5.74) is 0.920. The van der Waals surface area contributed by atoms with Gasteiger partial charge in [0.1, 0.15) is 0 Å². The minimum absolute atomic E-state index is 0.211. The van der Waals surface area contributed by atoms with Gasteiger partial charge in [0.15, 0.2) is 0 Å². The molecular formula is C12H11N4O3S+. The molecule has 1 saturated heterocycles. The Labute approximate surface area is 118 Å². The number of nitrogens with one attached hydrogen (secondary N) is 1. The number of amides is 1. The van der Waals surface area contributed by atoms with Crippen LogP contribution in [0.1, 0.15) is 5.56 Å². The molecule has 1 aromatic carbocycles. The highest BCUT2D eigenvalue weighted by Crippen LogP contribution is 2.08. The van der Waals surface area contributed by atoms with Crippen LogP contribution in [0.2, 0.25) is 0 Å². The number of carbonyl (C=O) groups excluding carboxylic acids is 1. The summed E-state index contributed by atoms with van der Waals surface area (Å²) in [6.07, 6.45) is 4.45. The first-order valence-electron chi connectivity index (χ1n) is 5.66. The highest BCUT2D eigenvalue weighted by Gasteiger charge is 2.27. The Hall–Kier alpha value is -2.48. The smallest absolute Gasteiger partial charge is 0.303 e. The van der Waals surface area contributed by atoms with Crippen molar-refractivity contribution in [3.63, 3.8) is 0 Å². The van der Waals surface area contributed by atoms with Gasteiger partial charge in [0.2, 0.25) is 15.7 Å². The molecule has 0 aliphatic carbocycles. The van der Waals surface area contributed by atoms with Gasteiger partial charge in [-0.1, -0.05) is 30.3 Å². The second-order valence-electron chi connectivity index (χ2n) is 3.72. The molecule has 8 heteroatoms. The number of amidine groups is 1. The molecule has 0 radical (unpaired) electrons.